The molecule has 0 radical (unpaired) electrons. The van der Waals surface area contributed by atoms with Crippen LogP contribution >= 0.6 is 0 Å². The Kier molecular flexibility index (Phi) is 1.63. The molecule has 0 amide bonds. The van der Waals surface area contributed by atoms with Crippen molar-refractivity contribution in [2.75, 3.05) is 0 Å². The number of ketones is 1. The molecule has 1 aromatic heterocycles. The molecule has 0 saturated heterocycles. The summed E-state index contributed by atoms with van der Waals surface area (Å²) in [5.74, 6) is 0.104. The van der Waals surface area contributed by atoms with Gasteiger partial charge in [-0.3, -0.25) is 4.79 Å². The van der Waals surface area contributed by atoms with Crippen LogP contribution in [0.3, 0.4) is 0 Å². The lowest BCUT2D eigenvalue weighted by Gasteiger charge is -1.86. The molecule has 1 aromatic rings. The highest BCUT2D eigenvalue weighted by molar-refractivity contribution is 5.93. The van der Waals surface area contributed by atoms with Crippen LogP contribution in [0.5, 0.6) is 0 Å². The average molecular weight is 126 g/mol. The second-order valence-corrected chi connectivity index (χ2v) is 1.74. The first-order valence-electron chi connectivity index (χ1n) is 2.86. The van der Waals surface area contributed by atoms with Crippen molar-refractivity contribution in [1.82, 2.24) is 9.97 Å². The van der Waals surface area contributed by atoms with Crippen molar-refractivity contribution in [3.63, 3.8) is 0 Å². The third-order valence-corrected chi connectivity index (χ3v) is 1.12. The van der Waals surface area contributed by atoms with Crippen LogP contribution in [0.1, 0.15) is 25.3 Å². The highest BCUT2D eigenvalue weighted by atomic mass is 16.1. The van der Waals surface area contributed by atoms with Gasteiger partial charge in [-0.15, -0.1) is 0 Å². The summed E-state index contributed by atoms with van der Waals surface area (Å²) in [6.45, 7) is 1.82. The topological polar surface area (TPSA) is 45.8 Å². The van der Waals surface area contributed by atoms with E-state index in [9.17, 15) is 4.79 Å². The Morgan fingerprint density at radius 3 is 3.22 bits per heavy atom. The fraction of sp³-hybridized carbons (Fsp3) is 0.333. The van der Waals surface area contributed by atoms with Gasteiger partial charge in [0.2, 0.25) is 0 Å². The molecule has 0 saturated carbocycles. The lowest BCUT2D eigenvalue weighted by Crippen LogP contribution is -1.95. The van der Waals surface area contributed by atoms with Gasteiger partial charge in [0, 0.05) is 7.85 Å². The third-order valence-electron chi connectivity index (χ3n) is 1.12. The van der Waals surface area contributed by atoms with Gasteiger partial charge in [0.05, 0.1) is 12.5 Å². The van der Waals surface area contributed by atoms with E-state index in [0.717, 1.165) is 0 Å². The lowest BCUT2D eigenvalue weighted by molar-refractivity contribution is 0.0984. The van der Waals surface area contributed by atoms with Gasteiger partial charge in [-0.1, -0.05) is 6.92 Å². The summed E-state index contributed by atoms with van der Waals surface area (Å²) in [6, 6.07) is 0. The molecule has 0 unspecified atom stereocenters. The van der Waals surface area contributed by atoms with Crippen LogP contribution in [0.4, 0.5) is 0 Å². The Morgan fingerprint density at radius 1 is 2.00 bits per heavy atom. The molecule has 0 aliphatic heterocycles. The molecule has 0 spiro atoms. The first-order chi connectivity index (χ1) is 4.34. The molecule has 0 fully saturated rings. The summed E-state index contributed by atoms with van der Waals surface area (Å²) in [5, 5.41) is 0. The molecule has 0 aromatic carbocycles. The third kappa shape index (κ3) is 1.16. The summed E-state index contributed by atoms with van der Waals surface area (Å²) in [5.41, 5.74) is 0.595. The van der Waals surface area contributed by atoms with Gasteiger partial charge in [0.15, 0.2) is 5.78 Å². The van der Waals surface area contributed by atoms with Gasteiger partial charge in [-0.25, -0.2) is 4.98 Å². The molecule has 1 heterocycles. The summed E-state index contributed by atoms with van der Waals surface area (Å²) in [6.07, 6.45) is 3.57. The Bertz CT molecular complexity index is 196. The number of aromatic nitrogens is 2. The Hall–Kier alpha value is -1.12. The maximum absolute atomic E-state index is 10.8. The summed E-state index contributed by atoms with van der Waals surface area (Å²) in [7, 11) is 0. The molecular formula is C6H10N2O. The maximum atomic E-state index is 10.8. The fourth-order valence-electron chi connectivity index (χ4n) is 0.599. The number of aromatic amines is 1. The monoisotopic (exact) mass is 126 g/mol. The van der Waals surface area contributed by atoms with Gasteiger partial charge >= 0.3 is 0 Å². The minimum Gasteiger partial charge on any atom is -0.342 e. The lowest BCUT2D eigenvalue weighted by atomic mass is 10.2. The average Bonchev–Trinajstić information content (AvgIpc) is 2.37. The van der Waals surface area contributed by atoms with Gasteiger partial charge in [0.25, 0.3) is 0 Å². The van der Waals surface area contributed by atoms with Crippen molar-refractivity contribution in [2.24, 2.45) is 0 Å². The van der Waals surface area contributed by atoms with E-state index in [4.69, 9.17) is 0 Å². The number of imidazole rings is 1. The summed E-state index contributed by atoms with van der Waals surface area (Å²) < 4.78 is 0. The molecule has 0 bridgehead atoms. The molecular weight excluding hydrogens is 116 g/mol. The highest BCUT2D eigenvalue weighted by Gasteiger charge is 2.01. The highest BCUT2D eigenvalue weighted by Crippen LogP contribution is 1.94. The van der Waals surface area contributed by atoms with Gasteiger partial charge in [-0.05, 0) is 0 Å². The van der Waals surface area contributed by atoms with Crippen molar-refractivity contribution in [1.29, 1.82) is 0 Å². The van der Waals surface area contributed by atoms with Crippen molar-refractivity contribution >= 4 is 5.78 Å². The fourth-order valence-corrected chi connectivity index (χ4v) is 0.599. The second kappa shape index (κ2) is 2.44. The van der Waals surface area contributed by atoms with Crippen LogP contribution in [0.2, 0.25) is 0 Å². The zero-order valence-corrected chi connectivity index (χ0v) is 5.22. The number of carbonyl (C=O) groups excluding carboxylic acids is 1. The van der Waals surface area contributed by atoms with Crippen molar-refractivity contribution in [2.45, 2.75) is 13.3 Å². The van der Waals surface area contributed by atoms with Crippen LogP contribution in [0, 0.1) is 0 Å². The van der Waals surface area contributed by atoms with Gasteiger partial charge < -0.3 is 4.98 Å². The quantitative estimate of drug-likeness (QED) is 0.606. The number of hydrogen-bond acceptors (Lipinski definition) is 2. The van der Waals surface area contributed by atoms with Crippen molar-refractivity contribution < 1.29 is 6.22 Å². The van der Waals surface area contributed by atoms with Gasteiger partial charge in [-0.2, -0.15) is 0 Å². The summed E-state index contributed by atoms with van der Waals surface area (Å²) >= 11 is 0. The standard InChI is InChI=1S/C6H8N2O.H2/c1-2-6(9)5-3-7-4-8-5;/h3-4H,2H2,1H3,(H,7,8);1H. The Balaban J connectivity index is 0.000000810. The largest absolute Gasteiger partial charge is 0.342 e. The minimum absolute atomic E-state index is 0. The number of H-pyrrole nitrogens is 1. The van der Waals surface area contributed by atoms with E-state index in [0.29, 0.717) is 12.1 Å². The molecule has 9 heavy (non-hydrogen) atoms. The van der Waals surface area contributed by atoms with Crippen LogP contribution in [0.25, 0.3) is 0 Å². The SMILES string of the molecule is CCC(=O)c1cnc[nH]1.[HH]. The number of rotatable bonds is 2. The number of nitrogens with one attached hydrogen (secondary N) is 1. The smallest absolute Gasteiger partial charge is 0.180 e. The minimum atomic E-state index is 0. The molecule has 0 aliphatic rings. The van der Waals surface area contributed by atoms with Crippen LogP contribution < -0.4 is 0 Å². The van der Waals surface area contributed by atoms with Crippen molar-refractivity contribution in [3.8, 4) is 0 Å². The maximum Gasteiger partial charge on any atom is 0.180 e. The van der Waals surface area contributed by atoms with Gasteiger partial charge in [0.1, 0.15) is 5.69 Å². The molecule has 1 rings (SSSR count). The van der Waals surface area contributed by atoms with E-state index >= 15 is 0 Å². The van der Waals surface area contributed by atoms with E-state index < -0.39 is 0 Å². The zero-order chi connectivity index (χ0) is 6.69. The van der Waals surface area contributed by atoms with Crippen molar-refractivity contribution in [3.05, 3.63) is 18.2 Å². The first-order valence-corrected chi connectivity index (χ1v) is 2.86. The zero-order valence-electron chi connectivity index (χ0n) is 5.22. The second-order valence-electron chi connectivity index (χ2n) is 1.74. The predicted molar refractivity (Wildman–Crippen MR) is 35.3 cm³/mol. The van der Waals surface area contributed by atoms with E-state index in [1.165, 1.54) is 12.5 Å². The summed E-state index contributed by atoms with van der Waals surface area (Å²) in [4.78, 5) is 17.2. The molecule has 0 atom stereocenters. The molecule has 50 valence electrons. The van der Waals surface area contributed by atoms with E-state index in [1.54, 1.807) is 0 Å². The number of Topliss-reactive ketones (excluding diaryl/α,β-unsaturated/α-hetero) is 1. The van der Waals surface area contributed by atoms with Crippen LogP contribution in [0.15, 0.2) is 12.5 Å². The van der Waals surface area contributed by atoms with E-state index in [2.05, 4.69) is 9.97 Å². The molecule has 0 aliphatic carbocycles. The van der Waals surface area contributed by atoms with E-state index in [-0.39, 0.29) is 7.21 Å². The first kappa shape index (κ1) is 6.01. The molecule has 3 nitrogen and oxygen atoms in total. The Morgan fingerprint density at radius 2 is 2.78 bits per heavy atom. The number of nitrogens with zero attached hydrogens (tertiary/aromatic N) is 1. The predicted octanol–water partition coefficient (Wildman–Crippen LogP) is 1.25. The number of hydrogen-bond donors (Lipinski definition) is 1. The van der Waals surface area contributed by atoms with Crippen LogP contribution in [-0.4, -0.2) is 15.8 Å². The van der Waals surface area contributed by atoms with E-state index in [1.807, 2.05) is 6.92 Å². The normalized spacial score (nSPS) is 9.44. The molecule has 1 N–H and O–H groups in total. The molecule has 3 heteroatoms. The van der Waals surface area contributed by atoms with Crippen LogP contribution in [-0.2, 0) is 0 Å². The number of carbonyl (C=O) groups is 1. The Labute approximate surface area is 54.6 Å².